The summed E-state index contributed by atoms with van der Waals surface area (Å²) < 4.78 is 43.0. The molecule has 0 fully saturated rings. The average molecular weight is 492 g/mol. The van der Waals surface area contributed by atoms with Crippen molar-refractivity contribution in [1.29, 1.82) is 0 Å². The molecule has 1 aliphatic rings. The van der Waals surface area contributed by atoms with Crippen molar-refractivity contribution in [3.8, 4) is 22.6 Å². The first-order chi connectivity index (χ1) is 17.4. The molecule has 3 aromatic heterocycles. The van der Waals surface area contributed by atoms with Gasteiger partial charge in [0.1, 0.15) is 11.5 Å². The van der Waals surface area contributed by atoms with E-state index in [2.05, 4.69) is 20.1 Å². The van der Waals surface area contributed by atoms with Crippen molar-refractivity contribution in [2.45, 2.75) is 12.8 Å². The van der Waals surface area contributed by atoms with Gasteiger partial charge in [0.05, 0.1) is 38.0 Å². The number of carbonyl (C=O) groups excluding carboxylic acids is 1. The third-order valence-electron chi connectivity index (χ3n) is 5.91. The minimum Gasteiger partial charge on any atom is -0.493 e. The van der Waals surface area contributed by atoms with Crippen LogP contribution in [0.4, 0.5) is 20.3 Å². The lowest BCUT2D eigenvalue weighted by molar-refractivity contribution is -0.117. The van der Waals surface area contributed by atoms with Gasteiger partial charge in [-0.15, -0.1) is 0 Å². The van der Waals surface area contributed by atoms with E-state index in [4.69, 9.17) is 9.47 Å². The molecule has 4 aromatic rings. The fourth-order valence-electron chi connectivity index (χ4n) is 4.09. The van der Waals surface area contributed by atoms with Gasteiger partial charge in [0.25, 0.3) is 0 Å². The van der Waals surface area contributed by atoms with Crippen LogP contribution >= 0.6 is 0 Å². The summed E-state index contributed by atoms with van der Waals surface area (Å²) in [7, 11) is 4.38. The first-order valence-electron chi connectivity index (χ1n) is 11.1. The molecule has 0 saturated carbocycles. The zero-order chi connectivity index (χ0) is 25.4. The number of ether oxygens (including phenoxy) is 2. The SMILES string of the molecule is COc1cc(OC)c(F)c(N(CC2=NC(=O)CC2)c2ccc3ncc(-c4cnn(C)c4)cc3n2)c1F. The Labute approximate surface area is 205 Å². The number of aryl methyl sites for hydroxylation is 1. The Bertz CT molecular complexity index is 1490. The van der Waals surface area contributed by atoms with Crippen molar-refractivity contribution in [2.24, 2.45) is 12.0 Å². The number of rotatable bonds is 7. The summed E-state index contributed by atoms with van der Waals surface area (Å²) in [5.41, 5.74) is 2.83. The van der Waals surface area contributed by atoms with Gasteiger partial charge in [0.15, 0.2) is 23.1 Å². The molecule has 0 atom stereocenters. The van der Waals surface area contributed by atoms with Crippen LogP contribution < -0.4 is 14.4 Å². The number of carbonyl (C=O) groups is 1. The molecule has 0 bridgehead atoms. The summed E-state index contributed by atoms with van der Waals surface area (Å²) in [5.74, 6) is -2.28. The van der Waals surface area contributed by atoms with Gasteiger partial charge in [-0.2, -0.15) is 5.10 Å². The van der Waals surface area contributed by atoms with Crippen molar-refractivity contribution < 1.29 is 23.0 Å². The fourth-order valence-corrected chi connectivity index (χ4v) is 4.09. The lowest BCUT2D eigenvalue weighted by Crippen LogP contribution is -2.27. The molecule has 11 heteroatoms. The number of nitrogens with zero attached hydrogens (tertiary/aromatic N) is 6. The lowest BCUT2D eigenvalue weighted by Gasteiger charge is -2.26. The second-order valence-electron chi connectivity index (χ2n) is 8.25. The highest BCUT2D eigenvalue weighted by Crippen LogP contribution is 2.40. The van der Waals surface area contributed by atoms with Gasteiger partial charge in [-0.05, 0) is 24.6 Å². The molecule has 9 nitrogen and oxygen atoms in total. The number of halogens is 2. The van der Waals surface area contributed by atoms with Crippen molar-refractivity contribution >= 4 is 34.2 Å². The number of methoxy groups -OCH3 is 2. The molecular formula is C25H22F2N6O3. The number of hydrogen-bond donors (Lipinski definition) is 0. The lowest BCUT2D eigenvalue weighted by atomic mass is 10.1. The summed E-state index contributed by atoms with van der Waals surface area (Å²) >= 11 is 0. The molecule has 36 heavy (non-hydrogen) atoms. The minimum atomic E-state index is -0.926. The topological polar surface area (TPSA) is 94.7 Å². The highest BCUT2D eigenvalue weighted by molar-refractivity contribution is 6.05. The second-order valence-corrected chi connectivity index (χ2v) is 8.25. The maximum Gasteiger partial charge on any atom is 0.246 e. The van der Waals surface area contributed by atoms with Crippen LogP contribution in [0.3, 0.4) is 0 Å². The molecule has 0 spiro atoms. The number of aromatic nitrogens is 4. The van der Waals surface area contributed by atoms with Gasteiger partial charge in [-0.1, -0.05) is 0 Å². The number of amides is 1. The van der Waals surface area contributed by atoms with E-state index in [1.165, 1.54) is 19.1 Å². The second kappa shape index (κ2) is 9.33. The highest BCUT2D eigenvalue weighted by Gasteiger charge is 2.29. The summed E-state index contributed by atoms with van der Waals surface area (Å²) in [6.45, 7) is -0.0515. The van der Waals surface area contributed by atoms with E-state index in [9.17, 15) is 4.79 Å². The van der Waals surface area contributed by atoms with Crippen LogP contribution in [0, 0.1) is 11.6 Å². The zero-order valence-corrected chi connectivity index (χ0v) is 19.8. The Morgan fingerprint density at radius 3 is 2.36 bits per heavy atom. The van der Waals surface area contributed by atoms with Crippen LogP contribution in [0.2, 0.25) is 0 Å². The van der Waals surface area contributed by atoms with Crippen LogP contribution in [-0.2, 0) is 11.8 Å². The number of benzene rings is 1. The van der Waals surface area contributed by atoms with Crippen molar-refractivity contribution in [2.75, 3.05) is 25.7 Å². The molecule has 0 unspecified atom stereocenters. The Hall–Kier alpha value is -4.41. The van der Waals surface area contributed by atoms with Gasteiger partial charge < -0.3 is 14.4 Å². The first-order valence-corrected chi connectivity index (χ1v) is 11.1. The van der Waals surface area contributed by atoms with E-state index >= 15 is 8.78 Å². The van der Waals surface area contributed by atoms with Crippen molar-refractivity contribution in [1.82, 2.24) is 19.7 Å². The number of hydrogen-bond acceptors (Lipinski definition) is 7. The largest absolute Gasteiger partial charge is 0.493 e. The van der Waals surface area contributed by atoms with E-state index in [1.807, 2.05) is 19.3 Å². The molecule has 0 saturated heterocycles. The predicted octanol–water partition coefficient (Wildman–Crippen LogP) is 4.23. The minimum absolute atomic E-state index is 0.0515. The molecule has 1 amide bonds. The van der Waals surface area contributed by atoms with Gasteiger partial charge in [0, 0.05) is 48.8 Å². The monoisotopic (exact) mass is 492 g/mol. The van der Waals surface area contributed by atoms with Crippen molar-refractivity contribution in [3.63, 3.8) is 0 Å². The molecule has 0 N–H and O–H groups in total. The fraction of sp³-hybridized carbons (Fsp3) is 0.240. The number of pyridine rings is 2. The highest BCUT2D eigenvalue weighted by atomic mass is 19.1. The van der Waals surface area contributed by atoms with Crippen LogP contribution in [0.5, 0.6) is 11.5 Å². The smallest absolute Gasteiger partial charge is 0.246 e. The summed E-state index contributed by atoms with van der Waals surface area (Å²) in [6.07, 6.45) is 5.91. The molecule has 184 valence electrons. The van der Waals surface area contributed by atoms with Gasteiger partial charge in [0.2, 0.25) is 5.91 Å². The van der Waals surface area contributed by atoms with E-state index in [1.54, 1.807) is 29.2 Å². The molecule has 0 radical (unpaired) electrons. The van der Waals surface area contributed by atoms with E-state index in [-0.39, 0.29) is 36.2 Å². The summed E-state index contributed by atoms with van der Waals surface area (Å²) in [6, 6.07) is 6.30. The average Bonchev–Trinajstić information content (AvgIpc) is 3.50. The first kappa shape index (κ1) is 23.3. The van der Waals surface area contributed by atoms with E-state index in [0.717, 1.165) is 17.2 Å². The Kier molecular flexibility index (Phi) is 6.05. The third-order valence-corrected chi connectivity index (χ3v) is 5.91. The van der Waals surface area contributed by atoms with Gasteiger partial charge in [-0.25, -0.2) is 18.8 Å². The quantitative estimate of drug-likeness (QED) is 0.381. The standard InChI is InChI=1S/C25H22F2N6O3/c1-32-12-15(11-29-32)14-8-18-17(28-10-14)5-6-21(31-18)33(13-16-4-7-22(34)30-16)25-23(26)19(35-2)9-20(36-3)24(25)27/h5-6,8-12H,4,7,13H2,1-3H3. The third kappa shape index (κ3) is 4.23. The van der Waals surface area contributed by atoms with Crippen molar-refractivity contribution in [3.05, 3.63) is 54.5 Å². The molecule has 4 heterocycles. The molecule has 1 aromatic carbocycles. The summed E-state index contributed by atoms with van der Waals surface area (Å²) in [4.78, 5) is 26.3. The van der Waals surface area contributed by atoms with E-state index < -0.39 is 17.3 Å². The number of anilines is 2. The Balaban J connectivity index is 1.67. The van der Waals surface area contributed by atoms with Gasteiger partial charge >= 0.3 is 0 Å². The molecular weight excluding hydrogens is 470 g/mol. The molecule has 1 aliphatic heterocycles. The zero-order valence-electron chi connectivity index (χ0n) is 19.8. The maximum atomic E-state index is 15.5. The Morgan fingerprint density at radius 2 is 1.75 bits per heavy atom. The molecule has 0 aliphatic carbocycles. The number of fused-ring (bicyclic) bond motifs is 1. The van der Waals surface area contributed by atoms with Crippen LogP contribution in [0.25, 0.3) is 22.2 Å². The maximum absolute atomic E-state index is 15.5. The summed E-state index contributed by atoms with van der Waals surface area (Å²) in [5, 5.41) is 4.19. The molecule has 5 rings (SSSR count). The van der Waals surface area contributed by atoms with Crippen LogP contribution in [-0.4, -0.2) is 52.1 Å². The van der Waals surface area contributed by atoms with Crippen LogP contribution in [0.1, 0.15) is 12.8 Å². The van der Waals surface area contributed by atoms with Gasteiger partial charge in [-0.3, -0.25) is 14.5 Å². The van der Waals surface area contributed by atoms with E-state index in [0.29, 0.717) is 23.2 Å². The van der Waals surface area contributed by atoms with Crippen LogP contribution in [0.15, 0.2) is 47.8 Å². The normalized spacial score (nSPS) is 13.2. The Morgan fingerprint density at radius 1 is 1.00 bits per heavy atom. The predicted molar refractivity (Wildman–Crippen MR) is 130 cm³/mol. The number of aliphatic imine (C=N–C) groups is 1.